The maximum Gasteiger partial charge on any atom is 0.110 e. The van der Waals surface area contributed by atoms with E-state index in [0.29, 0.717) is 11.8 Å². The van der Waals surface area contributed by atoms with E-state index < -0.39 is 0 Å². The minimum Gasteiger partial charge on any atom is -0.381 e. The van der Waals surface area contributed by atoms with Crippen LogP contribution in [0.2, 0.25) is 0 Å². The van der Waals surface area contributed by atoms with Gasteiger partial charge < -0.3 is 9.72 Å². The fourth-order valence-corrected chi connectivity index (χ4v) is 4.75. The molecule has 0 aromatic carbocycles. The quantitative estimate of drug-likeness (QED) is 0.892. The Morgan fingerprint density at radius 3 is 2.67 bits per heavy atom. The first kappa shape index (κ1) is 14.6. The molecule has 3 heterocycles. The molecule has 24 heavy (non-hydrogen) atoms. The molecule has 1 aliphatic heterocycles. The van der Waals surface area contributed by atoms with Crippen LogP contribution in [0.3, 0.4) is 0 Å². The van der Waals surface area contributed by atoms with Crippen LogP contribution in [0, 0.1) is 5.92 Å². The number of nitrogens with zero attached hydrogens (tertiary/aromatic N) is 2. The summed E-state index contributed by atoms with van der Waals surface area (Å²) in [6, 6.07) is 0. The molecule has 2 aromatic rings. The average molecular weight is 323 g/mol. The van der Waals surface area contributed by atoms with Gasteiger partial charge in [-0.3, -0.25) is 4.98 Å². The number of hydrogen-bond donors (Lipinski definition) is 1. The summed E-state index contributed by atoms with van der Waals surface area (Å²) in [7, 11) is 0. The zero-order chi connectivity index (χ0) is 15.9. The standard InChI is InChI=1S/C20H25N3O/c1-2-4-14(5-3-1)20-22-17-12-21-16-7-6-15(18(16)19(17)23-20)13-8-10-24-11-9-13/h6,12-14H,1-5,7-11H2,(H,22,23). The van der Waals surface area contributed by atoms with E-state index in [1.807, 2.05) is 6.20 Å². The lowest BCUT2D eigenvalue weighted by molar-refractivity contribution is 0.0808. The lowest BCUT2D eigenvalue weighted by atomic mass is 9.88. The minimum atomic E-state index is 0.610. The molecule has 3 aliphatic rings. The highest BCUT2D eigenvalue weighted by Gasteiger charge is 2.29. The fourth-order valence-electron chi connectivity index (χ4n) is 4.75. The third-order valence-electron chi connectivity index (χ3n) is 6.08. The summed E-state index contributed by atoms with van der Waals surface area (Å²) in [5.74, 6) is 2.42. The Kier molecular flexibility index (Phi) is 3.66. The van der Waals surface area contributed by atoms with E-state index in [4.69, 9.17) is 14.7 Å². The smallest absolute Gasteiger partial charge is 0.110 e. The van der Waals surface area contributed by atoms with E-state index in [1.54, 1.807) is 0 Å². The Hall–Kier alpha value is -1.68. The van der Waals surface area contributed by atoms with Crippen molar-refractivity contribution in [1.29, 1.82) is 0 Å². The minimum absolute atomic E-state index is 0.610. The van der Waals surface area contributed by atoms with Crippen molar-refractivity contribution in [1.82, 2.24) is 15.0 Å². The number of hydrogen-bond acceptors (Lipinski definition) is 3. The molecule has 0 radical (unpaired) electrons. The van der Waals surface area contributed by atoms with Gasteiger partial charge in [-0.25, -0.2) is 4.98 Å². The molecule has 1 saturated heterocycles. The normalized spacial score (nSPS) is 22.8. The van der Waals surface area contributed by atoms with Crippen LogP contribution in [-0.2, 0) is 11.2 Å². The fraction of sp³-hybridized carbons (Fsp3) is 0.600. The first-order chi connectivity index (χ1) is 11.9. The van der Waals surface area contributed by atoms with Gasteiger partial charge >= 0.3 is 0 Å². The molecule has 1 saturated carbocycles. The van der Waals surface area contributed by atoms with Crippen LogP contribution < -0.4 is 0 Å². The van der Waals surface area contributed by atoms with Gasteiger partial charge in [-0.05, 0) is 37.2 Å². The topological polar surface area (TPSA) is 50.8 Å². The van der Waals surface area contributed by atoms with E-state index in [1.165, 1.54) is 54.8 Å². The number of rotatable bonds is 2. The number of fused-ring (bicyclic) bond motifs is 3. The van der Waals surface area contributed by atoms with Gasteiger partial charge in [0.1, 0.15) is 5.82 Å². The highest BCUT2D eigenvalue weighted by molar-refractivity contribution is 5.92. The predicted molar refractivity (Wildman–Crippen MR) is 94.9 cm³/mol. The van der Waals surface area contributed by atoms with Gasteiger partial charge in [0.2, 0.25) is 0 Å². The molecule has 2 aliphatic carbocycles. The lowest BCUT2D eigenvalue weighted by Gasteiger charge is -2.24. The van der Waals surface area contributed by atoms with Crippen molar-refractivity contribution in [2.45, 2.75) is 57.3 Å². The van der Waals surface area contributed by atoms with Crippen molar-refractivity contribution in [2.24, 2.45) is 5.92 Å². The van der Waals surface area contributed by atoms with Crippen molar-refractivity contribution in [3.8, 4) is 0 Å². The van der Waals surface area contributed by atoms with Crippen LogP contribution in [0.15, 0.2) is 12.3 Å². The number of ether oxygens (including phenoxy) is 1. The van der Waals surface area contributed by atoms with Crippen LogP contribution >= 0.6 is 0 Å². The van der Waals surface area contributed by atoms with Gasteiger partial charge in [0.25, 0.3) is 0 Å². The monoisotopic (exact) mass is 323 g/mol. The number of H-pyrrole nitrogens is 1. The van der Waals surface area contributed by atoms with Crippen molar-refractivity contribution >= 4 is 16.6 Å². The van der Waals surface area contributed by atoms with Gasteiger partial charge in [-0.2, -0.15) is 0 Å². The van der Waals surface area contributed by atoms with E-state index in [0.717, 1.165) is 43.5 Å². The van der Waals surface area contributed by atoms with E-state index >= 15 is 0 Å². The molecular weight excluding hydrogens is 298 g/mol. The van der Waals surface area contributed by atoms with E-state index in [9.17, 15) is 0 Å². The second-order valence-corrected chi connectivity index (χ2v) is 7.55. The zero-order valence-corrected chi connectivity index (χ0v) is 14.2. The molecular formula is C20H25N3O. The average Bonchev–Trinajstić information content (AvgIpc) is 3.27. The third kappa shape index (κ3) is 2.39. The maximum absolute atomic E-state index is 5.55. The summed E-state index contributed by atoms with van der Waals surface area (Å²) in [5, 5.41) is 0. The molecule has 0 bridgehead atoms. The zero-order valence-electron chi connectivity index (χ0n) is 14.2. The van der Waals surface area contributed by atoms with Gasteiger partial charge in [0.05, 0.1) is 22.9 Å². The number of allylic oxidation sites excluding steroid dienone is 2. The molecule has 5 rings (SSSR count). The Balaban J connectivity index is 1.55. The molecule has 2 aromatic heterocycles. The second kappa shape index (κ2) is 5.99. The summed E-state index contributed by atoms with van der Waals surface area (Å²) in [4.78, 5) is 13.4. The highest BCUT2D eigenvalue weighted by atomic mass is 16.5. The summed E-state index contributed by atoms with van der Waals surface area (Å²) in [6.07, 6.45) is 14.2. The number of imidazole rings is 1. The van der Waals surface area contributed by atoms with Crippen LogP contribution in [0.5, 0.6) is 0 Å². The first-order valence-corrected chi connectivity index (χ1v) is 9.56. The molecule has 0 atom stereocenters. The Labute approximate surface area is 142 Å². The summed E-state index contributed by atoms with van der Waals surface area (Å²) in [5.41, 5.74) is 6.31. The van der Waals surface area contributed by atoms with Gasteiger partial charge in [0, 0.05) is 31.1 Å². The Morgan fingerprint density at radius 1 is 1.00 bits per heavy atom. The SMILES string of the molecule is C1=C(C2CCOCC2)c2c(ncc3[nH]c(C4CCCCC4)nc23)C1. The molecule has 0 spiro atoms. The van der Waals surface area contributed by atoms with Crippen LogP contribution in [0.1, 0.15) is 67.9 Å². The molecule has 1 N–H and O–H groups in total. The number of aromatic amines is 1. The summed E-state index contributed by atoms with van der Waals surface area (Å²) < 4.78 is 5.55. The van der Waals surface area contributed by atoms with Crippen molar-refractivity contribution < 1.29 is 4.74 Å². The highest BCUT2D eigenvalue weighted by Crippen LogP contribution is 2.41. The van der Waals surface area contributed by atoms with Crippen molar-refractivity contribution in [2.75, 3.05) is 13.2 Å². The van der Waals surface area contributed by atoms with Crippen LogP contribution in [0.25, 0.3) is 16.6 Å². The second-order valence-electron chi connectivity index (χ2n) is 7.55. The first-order valence-electron chi connectivity index (χ1n) is 9.56. The van der Waals surface area contributed by atoms with Gasteiger partial charge in [0.15, 0.2) is 0 Å². The number of nitrogens with one attached hydrogen (secondary N) is 1. The summed E-state index contributed by atoms with van der Waals surface area (Å²) in [6.45, 7) is 1.77. The van der Waals surface area contributed by atoms with Crippen LogP contribution in [-0.4, -0.2) is 28.2 Å². The maximum atomic E-state index is 5.55. The third-order valence-corrected chi connectivity index (χ3v) is 6.08. The molecule has 0 unspecified atom stereocenters. The van der Waals surface area contributed by atoms with Crippen molar-refractivity contribution in [3.05, 3.63) is 29.4 Å². The largest absolute Gasteiger partial charge is 0.381 e. The number of aromatic nitrogens is 3. The predicted octanol–water partition coefficient (Wildman–Crippen LogP) is 4.37. The molecule has 4 nitrogen and oxygen atoms in total. The van der Waals surface area contributed by atoms with Gasteiger partial charge in [-0.1, -0.05) is 25.3 Å². The molecule has 0 amide bonds. The molecule has 126 valence electrons. The van der Waals surface area contributed by atoms with E-state index in [-0.39, 0.29) is 0 Å². The Morgan fingerprint density at radius 2 is 1.83 bits per heavy atom. The number of pyridine rings is 1. The Bertz CT molecular complexity index is 780. The molecule has 2 fully saturated rings. The van der Waals surface area contributed by atoms with E-state index in [2.05, 4.69) is 11.1 Å². The lowest BCUT2D eigenvalue weighted by Crippen LogP contribution is -2.16. The van der Waals surface area contributed by atoms with Crippen LogP contribution in [0.4, 0.5) is 0 Å². The van der Waals surface area contributed by atoms with Gasteiger partial charge in [-0.15, -0.1) is 0 Å². The van der Waals surface area contributed by atoms with Crippen molar-refractivity contribution in [3.63, 3.8) is 0 Å². The molecule has 4 heteroatoms. The summed E-state index contributed by atoms with van der Waals surface area (Å²) >= 11 is 0.